The normalized spacial score (nSPS) is 41.5. The minimum atomic E-state index is -0.431. The Bertz CT molecular complexity index is 208. The molecule has 0 spiro atoms. The molecule has 3 nitrogen and oxygen atoms in total. The van der Waals surface area contributed by atoms with Gasteiger partial charge in [-0.05, 0) is 27.7 Å². The van der Waals surface area contributed by atoms with E-state index in [4.69, 9.17) is 14.2 Å². The molecule has 0 saturated carbocycles. The molecule has 2 fully saturated rings. The van der Waals surface area contributed by atoms with Gasteiger partial charge in [-0.3, -0.25) is 0 Å². The van der Waals surface area contributed by atoms with Crippen molar-refractivity contribution in [1.82, 2.24) is 0 Å². The van der Waals surface area contributed by atoms with E-state index in [0.29, 0.717) is 6.61 Å². The number of ether oxygens (including phenoxy) is 3. The minimum Gasteiger partial charge on any atom is -0.373 e. The van der Waals surface area contributed by atoms with Crippen molar-refractivity contribution in [3.05, 3.63) is 0 Å². The molecule has 13 heavy (non-hydrogen) atoms. The van der Waals surface area contributed by atoms with Crippen molar-refractivity contribution in [3.63, 3.8) is 0 Å². The number of hydrogen-bond acceptors (Lipinski definition) is 3. The summed E-state index contributed by atoms with van der Waals surface area (Å²) >= 11 is 0. The molecule has 76 valence electrons. The Kier molecular flexibility index (Phi) is 1.95. The SMILES string of the molecule is CC1(C)C[C@H]2OC(C)(C)OC2CO1. The molecule has 0 bridgehead atoms. The zero-order chi connectivity index (χ0) is 9.69. The van der Waals surface area contributed by atoms with Gasteiger partial charge in [0.05, 0.1) is 18.3 Å². The lowest BCUT2D eigenvalue weighted by Crippen LogP contribution is -2.44. The lowest BCUT2D eigenvalue weighted by atomic mass is 9.94. The predicted molar refractivity (Wildman–Crippen MR) is 48.5 cm³/mol. The summed E-state index contributed by atoms with van der Waals surface area (Å²) in [6, 6.07) is 0. The highest BCUT2D eigenvalue weighted by Gasteiger charge is 2.47. The van der Waals surface area contributed by atoms with Crippen LogP contribution in [0, 0.1) is 0 Å². The highest BCUT2D eigenvalue weighted by Crippen LogP contribution is 2.37. The maximum absolute atomic E-state index is 5.79. The molecule has 2 saturated heterocycles. The van der Waals surface area contributed by atoms with E-state index in [9.17, 15) is 0 Å². The van der Waals surface area contributed by atoms with Crippen molar-refractivity contribution in [2.24, 2.45) is 0 Å². The van der Waals surface area contributed by atoms with Crippen LogP contribution in [0.5, 0.6) is 0 Å². The van der Waals surface area contributed by atoms with Gasteiger partial charge in [0.1, 0.15) is 6.10 Å². The van der Waals surface area contributed by atoms with Crippen molar-refractivity contribution >= 4 is 0 Å². The van der Waals surface area contributed by atoms with E-state index < -0.39 is 5.79 Å². The molecule has 0 radical (unpaired) electrons. The molecule has 2 rings (SSSR count). The monoisotopic (exact) mass is 186 g/mol. The molecule has 3 heteroatoms. The summed E-state index contributed by atoms with van der Waals surface area (Å²) in [5.74, 6) is -0.431. The second-order valence-corrected chi connectivity index (χ2v) is 4.99. The van der Waals surface area contributed by atoms with Gasteiger partial charge in [0.15, 0.2) is 5.79 Å². The summed E-state index contributed by atoms with van der Waals surface area (Å²) in [4.78, 5) is 0. The third-order valence-corrected chi connectivity index (χ3v) is 2.62. The Morgan fingerprint density at radius 2 is 1.62 bits per heavy atom. The Morgan fingerprint density at radius 3 is 2.31 bits per heavy atom. The molecule has 0 aromatic rings. The van der Waals surface area contributed by atoms with E-state index in [2.05, 4.69) is 13.8 Å². The Labute approximate surface area is 79.4 Å². The molecular weight excluding hydrogens is 168 g/mol. The lowest BCUT2D eigenvalue weighted by Gasteiger charge is -2.35. The molecule has 1 unspecified atom stereocenters. The van der Waals surface area contributed by atoms with Crippen molar-refractivity contribution in [3.8, 4) is 0 Å². The summed E-state index contributed by atoms with van der Waals surface area (Å²) in [5.41, 5.74) is -0.0645. The van der Waals surface area contributed by atoms with Gasteiger partial charge < -0.3 is 14.2 Å². The van der Waals surface area contributed by atoms with E-state index in [-0.39, 0.29) is 17.8 Å². The maximum Gasteiger partial charge on any atom is 0.163 e. The van der Waals surface area contributed by atoms with Crippen LogP contribution in [0.1, 0.15) is 34.1 Å². The quantitative estimate of drug-likeness (QED) is 0.576. The van der Waals surface area contributed by atoms with Crippen molar-refractivity contribution in [2.75, 3.05) is 6.61 Å². The first-order valence-corrected chi connectivity index (χ1v) is 4.88. The standard InChI is InChI=1S/C10H18O3/c1-9(2)5-7-8(6-11-9)13-10(3,4)12-7/h7-8H,5-6H2,1-4H3/t7-,8?/m1/s1. The van der Waals surface area contributed by atoms with Gasteiger partial charge in [0.25, 0.3) is 0 Å². The first-order chi connectivity index (χ1) is 5.88. The van der Waals surface area contributed by atoms with Gasteiger partial charge in [0, 0.05) is 6.42 Å². The molecule has 0 amide bonds. The third-order valence-electron chi connectivity index (χ3n) is 2.62. The first-order valence-electron chi connectivity index (χ1n) is 4.88. The highest BCUT2D eigenvalue weighted by atomic mass is 16.8. The highest BCUT2D eigenvalue weighted by molar-refractivity contribution is 4.90. The first kappa shape index (κ1) is 9.44. The number of rotatable bonds is 0. The predicted octanol–water partition coefficient (Wildman–Crippen LogP) is 1.71. The summed E-state index contributed by atoms with van der Waals surface area (Å²) in [6.07, 6.45) is 1.25. The molecule has 0 aliphatic carbocycles. The Morgan fingerprint density at radius 1 is 1.00 bits per heavy atom. The van der Waals surface area contributed by atoms with Crippen molar-refractivity contribution in [2.45, 2.75) is 57.7 Å². The summed E-state index contributed by atoms with van der Waals surface area (Å²) in [7, 11) is 0. The van der Waals surface area contributed by atoms with Crippen LogP contribution in [0.3, 0.4) is 0 Å². The molecule has 0 aromatic carbocycles. The van der Waals surface area contributed by atoms with E-state index in [1.54, 1.807) is 0 Å². The van der Waals surface area contributed by atoms with Crippen LogP contribution >= 0.6 is 0 Å². The fourth-order valence-corrected chi connectivity index (χ4v) is 2.07. The van der Waals surface area contributed by atoms with Gasteiger partial charge in [-0.15, -0.1) is 0 Å². The largest absolute Gasteiger partial charge is 0.373 e. The van der Waals surface area contributed by atoms with E-state index in [1.165, 1.54) is 0 Å². The molecule has 0 aromatic heterocycles. The van der Waals surface area contributed by atoms with Gasteiger partial charge in [-0.1, -0.05) is 0 Å². The fourth-order valence-electron chi connectivity index (χ4n) is 2.07. The Hall–Kier alpha value is -0.120. The number of hydrogen-bond donors (Lipinski definition) is 0. The Balaban J connectivity index is 2.06. The molecule has 2 atom stereocenters. The molecule has 0 N–H and O–H groups in total. The average molecular weight is 186 g/mol. The van der Waals surface area contributed by atoms with E-state index >= 15 is 0 Å². The third kappa shape index (κ3) is 1.87. The lowest BCUT2D eigenvalue weighted by molar-refractivity contribution is -0.147. The minimum absolute atomic E-state index is 0.0645. The topological polar surface area (TPSA) is 27.7 Å². The van der Waals surface area contributed by atoms with Crippen LogP contribution < -0.4 is 0 Å². The average Bonchev–Trinajstić information content (AvgIpc) is 2.20. The van der Waals surface area contributed by atoms with Crippen LogP contribution in [-0.2, 0) is 14.2 Å². The summed E-state index contributed by atoms with van der Waals surface area (Å²) in [6.45, 7) is 8.76. The van der Waals surface area contributed by atoms with Crippen LogP contribution in [-0.4, -0.2) is 30.2 Å². The van der Waals surface area contributed by atoms with E-state index in [1.807, 2.05) is 13.8 Å². The van der Waals surface area contributed by atoms with Crippen LogP contribution in [0.15, 0.2) is 0 Å². The fraction of sp³-hybridized carbons (Fsp3) is 1.00. The molecule has 2 aliphatic rings. The van der Waals surface area contributed by atoms with Gasteiger partial charge in [-0.25, -0.2) is 0 Å². The van der Waals surface area contributed by atoms with Crippen molar-refractivity contribution < 1.29 is 14.2 Å². The second kappa shape index (κ2) is 2.69. The summed E-state index contributed by atoms with van der Waals surface area (Å²) < 4.78 is 17.2. The zero-order valence-electron chi connectivity index (χ0n) is 8.79. The zero-order valence-corrected chi connectivity index (χ0v) is 8.79. The van der Waals surface area contributed by atoms with Crippen LogP contribution in [0.2, 0.25) is 0 Å². The summed E-state index contributed by atoms with van der Waals surface area (Å²) in [5, 5.41) is 0. The van der Waals surface area contributed by atoms with Gasteiger partial charge in [-0.2, -0.15) is 0 Å². The molecular formula is C10H18O3. The second-order valence-electron chi connectivity index (χ2n) is 4.99. The van der Waals surface area contributed by atoms with Crippen LogP contribution in [0.4, 0.5) is 0 Å². The molecule has 2 heterocycles. The van der Waals surface area contributed by atoms with Gasteiger partial charge >= 0.3 is 0 Å². The smallest absolute Gasteiger partial charge is 0.163 e. The molecule has 2 aliphatic heterocycles. The number of fused-ring (bicyclic) bond motifs is 1. The van der Waals surface area contributed by atoms with Crippen LogP contribution in [0.25, 0.3) is 0 Å². The van der Waals surface area contributed by atoms with E-state index in [0.717, 1.165) is 6.42 Å². The van der Waals surface area contributed by atoms with Crippen molar-refractivity contribution in [1.29, 1.82) is 0 Å². The van der Waals surface area contributed by atoms with Gasteiger partial charge in [0.2, 0.25) is 0 Å². The maximum atomic E-state index is 5.79.